The summed E-state index contributed by atoms with van der Waals surface area (Å²) in [6.07, 6.45) is 0.361. The molecule has 0 N–H and O–H groups in total. The number of carbonyl (C=O) groups is 1. The first-order valence-electron chi connectivity index (χ1n) is 7.96. The zero-order valence-electron chi connectivity index (χ0n) is 13.6. The van der Waals surface area contributed by atoms with Gasteiger partial charge >= 0.3 is 0 Å². The van der Waals surface area contributed by atoms with Gasteiger partial charge in [-0.05, 0) is 29.1 Å². The lowest BCUT2D eigenvalue weighted by atomic mass is 10.2. The van der Waals surface area contributed by atoms with E-state index in [9.17, 15) is 17.6 Å². The van der Waals surface area contributed by atoms with Crippen LogP contribution in [0, 0.1) is 5.82 Å². The molecule has 1 amide bonds. The Morgan fingerprint density at radius 1 is 1.08 bits per heavy atom. The van der Waals surface area contributed by atoms with Crippen molar-refractivity contribution in [2.24, 2.45) is 0 Å². The van der Waals surface area contributed by atoms with E-state index in [-0.39, 0.29) is 17.5 Å². The Balaban J connectivity index is 1.55. The molecule has 0 saturated carbocycles. The van der Waals surface area contributed by atoms with Crippen LogP contribution >= 0.6 is 11.3 Å². The Bertz CT molecular complexity index is 812. The fourth-order valence-corrected chi connectivity index (χ4v) is 4.98. The van der Waals surface area contributed by atoms with Gasteiger partial charge in [0.15, 0.2) is 0 Å². The number of carbonyl (C=O) groups excluding carboxylic acids is 1. The second-order valence-corrected chi connectivity index (χ2v) is 8.92. The monoisotopic (exact) mass is 382 g/mol. The molecule has 2 aromatic rings. The number of benzene rings is 1. The number of rotatable bonds is 5. The number of thiophene rings is 1. The van der Waals surface area contributed by atoms with Crippen LogP contribution in [0.5, 0.6) is 0 Å². The van der Waals surface area contributed by atoms with Crippen LogP contribution in [0.1, 0.15) is 10.4 Å². The Kier molecular flexibility index (Phi) is 5.51. The van der Waals surface area contributed by atoms with Crippen molar-refractivity contribution in [3.8, 4) is 0 Å². The standard InChI is InChI=1S/C17H19FN2O3S2/c18-15-5-3-14(4-6-15)13-25(22,23)20-9-7-19(8-10-20)17(21)12-16-2-1-11-24-16/h1-6,11H,7-10,12-13H2. The van der Waals surface area contributed by atoms with E-state index >= 15 is 0 Å². The van der Waals surface area contributed by atoms with E-state index in [0.717, 1.165) is 4.88 Å². The summed E-state index contributed by atoms with van der Waals surface area (Å²) in [6.45, 7) is 1.37. The molecule has 0 aliphatic carbocycles. The van der Waals surface area contributed by atoms with Gasteiger partial charge in [0.25, 0.3) is 0 Å². The van der Waals surface area contributed by atoms with E-state index < -0.39 is 10.0 Å². The number of halogens is 1. The molecule has 1 fully saturated rings. The van der Waals surface area contributed by atoms with Crippen LogP contribution in [0.2, 0.25) is 0 Å². The van der Waals surface area contributed by atoms with Crippen molar-refractivity contribution in [1.29, 1.82) is 0 Å². The van der Waals surface area contributed by atoms with Gasteiger partial charge in [-0.25, -0.2) is 12.8 Å². The SMILES string of the molecule is O=C(Cc1cccs1)N1CCN(S(=O)(=O)Cc2ccc(F)cc2)CC1. The van der Waals surface area contributed by atoms with Gasteiger partial charge < -0.3 is 4.90 Å². The van der Waals surface area contributed by atoms with Crippen LogP contribution in [0.3, 0.4) is 0 Å². The molecule has 0 radical (unpaired) electrons. The molecule has 1 saturated heterocycles. The summed E-state index contributed by atoms with van der Waals surface area (Å²) >= 11 is 1.54. The van der Waals surface area contributed by atoms with Crippen LogP contribution in [-0.2, 0) is 27.0 Å². The third-order valence-electron chi connectivity index (χ3n) is 4.15. The lowest BCUT2D eigenvalue weighted by Gasteiger charge is -2.34. The topological polar surface area (TPSA) is 57.7 Å². The lowest BCUT2D eigenvalue weighted by molar-refractivity contribution is -0.131. The predicted octanol–water partition coefficient (Wildman–Crippen LogP) is 2.10. The Labute approximate surface area is 150 Å². The number of hydrogen-bond acceptors (Lipinski definition) is 4. The first kappa shape index (κ1) is 18.0. The summed E-state index contributed by atoms with van der Waals surface area (Å²) in [4.78, 5) is 15.0. The molecular formula is C17H19FN2O3S2. The highest BCUT2D eigenvalue weighted by Gasteiger charge is 2.29. The van der Waals surface area contributed by atoms with Crippen molar-refractivity contribution in [3.05, 3.63) is 58.0 Å². The summed E-state index contributed by atoms with van der Waals surface area (Å²) in [5.74, 6) is -0.520. The van der Waals surface area contributed by atoms with Crippen molar-refractivity contribution < 1.29 is 17.6 Å². The third-order valence-corrected chi connectivity index (χ3v) is 6.88. The highest BCUT2D eigenvalue weighted by molar-refractivity contribution is 7.88. The number of sulfonamides is 1. The van der Waals surface area contributed by atoms with Gasteiger partial charge in [-0.2, -0.15) is 4.31 Å². The van der Waals surface area contributed by atoms with Crippen LogP contribution in [0.25, 0.3) is 0 Å². The van der Waals surface area contributed by atoms with Gasteiger partial charge in [0, 0.05) is 31.1 Å². The van der Waals surface area contributed by atoms with E-state index in [2.05, 4.69) is 0 Å². The smallest absolute Gasteiger partial charge is 0.227 e. The second kappa shape index (κ2) is 7.63. The fourth-order valence-electron chi connectivity index (χ4n) is 2.77. The van der Waals surface area contributed by atoms with Crippen molar-refractivity contribution in [2.45, 2.75) is 12.2 Å². The largest absolute Gasteiger partial charge is 0.340 e. The van der Waals surface area contributed by atoms with Gasteiger partial charge in [0.2, 0.25) is 15.9 Å². The Morgan fingerprint density at radius 3 is 2.36 bits per heavy atom. The molecule has 0 bridgehead atoms. The minimum Gasteiger partial charge on any atom is -0.340 e. The molecular weight excluding hydrogens is 363 g/mol. The maximum absolute atomic E-state index is 12.9. The quantitative estimate of drug-likeness (QED) is 0.796. The van der Waals surface area contributed by atoms with Gasteiger partial charge in [-0.1, -0.05) is 18.2 Å². The molecule has 2 heterocycles. The average molecular weight is 382 g/mol. The van der Waals surface area contributed by atoms with Crippen LogP contribution < -0.4 is 0 Å². The van der Waals surface area contributed by atoms with Crippen molar-refractivity contribution in [1.82, 2.24) is 9.21 Å². The molecule has 5 nitrogen and oxygen atoms in total. The summed E-state index contributed by atoms with van der Waals surface area (Å²) in [5.41, 5.74) is 0.553. The maximum Gasteiger partial charge on any atom is 0.227 e. The Hall–Kier alpha value is -1.77. The maximum atomic E-state index is 12.9. The minimum absolute atomic E-state index is 0.0260. The number of hydrogen-bond donors (Lipinski definition) is 0. The molecule has 1 aliphatic heterocycles. The number of amides is 1. The van der Waals surface area contributed by atoms with Crippen molar-refractivity contribution in [2.75, 3.05) is 26.2 Å². The Morgan fingerprint density at radius 2 is 1.76 bits per heavy atom. The minimum atomic E-state index is -3.47. The summed E-state index contributed by atoms with van der Waals surface area (Å²) < 4.78 is 39.3. The summed E-state index contributed by atoms with van der Waals surface area (Å²) in [5, 5.41) is 1.93. The zero-order chi connectivity index (χ0) is 17.9. The molecule has 25 heavy (non-hydrogen) atoms. The van der Waals surface area contributed by atoms with Crippen molar-refractivity contribution in [3.63, 3.8) is 0 Å². The van der Waals surface area contributed by atoms with E-state index in [4.69, 9.17) is 0 Å². The molecule has 3 rings (SSSR count). The third kappa shape index (κ3) is 4.65. The van der Waals surface area contributed by atoms with E-state index in [0.29, 0.717) is 38.2 Å². The first-order chi connectivity index (χ1) is 11.9. The predicted molar refractivity (Wildman–Crippen MR) is 95.2 cm³/mol. The van der Waals surface area contributed by atoms with Crippen LogP contribution in [0.15, 0.2) is 41.8 Å². The van der Waals surface area contributed by atoms with E-state index in [1.165, 1.54) is 28.6 Å². The van der Waals surface area contributed by atoms with Gasteiger partial charge in [-0.15, -0.1) is 11.3 Å². The van der Waals surface area contributed by atoms with Crippen LogP contribution in [-0.4, -0.2) is 49.7 Å². The van der Waals surface area contributed by atoms with Gasteiger partial charge in [0.05, 0.1) is 12.2 Å². The second-order valence-electron chi connectivity index (χ2n) is 5.92. The van der Waals surface area contributed by atoms with E-state index in [1.807, 2.05) is 17.5 Å². The van der Waals surface area contributed by atoms with Gasteiger partial charge in [-0.3, -0.25) is 4.79 Å². The van der Waals surface area contributed by atoms with E-state index in [1.54, 1.807) is 16.2 Å². The van der Waals surface area contributed by atoms with Crippen LogP contribution in [0.4, 0.5) is 4.39 Å². The zero-order valence-corrected chi connectivity index (χ0v) is 15.2. The van der Waals surface area contributed by atoms with Crippen molar-refractivity contribution >= 4 is 27.3 Å². The summed E-state index contributed by atoms with van der Waals surface area (Å²) in [6, 6.07) is 9.30. The average Bonchev–Trinajstić information content (AvgIpc) is 3.10. The first-order valence-corrected chi connectivity index (χ1v) is 10.5. The van der Waals surface area contributed by atoms with Gasteiger partial charge in [0.1, 0.15) is 5.82 Å². The summed E-state index contributed by atoms with van der Waals surface area (Å²) in [7, 11) is -3.47. The molecule has 0 spiro atoms. The molecule has 0 unspecified atom stereocenters. The molecule has 134 valence electrons. The molecule has 0 atom stereocenters. The number of piperazine rings is 1. The lowest BCUT2D eigenvalue weighted by Crippen LogP contribution is -2.51. The highest BCUT2D eigenvalue weighted by Crippen LogP contribution is 2.16. The number of nitrogens with zero attached hydrogens (tertiary/aromatic N) is 2. The molecule has 1 aromatic heterocycles. The normalized spacial score (nSPS) is 16.1. The molecule has 1 aliphatic rings. The highest BCUT2D eigenvalue weighted by atomic mass is 32.2. The molecule has 8 heteroatoms. The fraction of sp³-hybridized carbons (Fsp3) is 0.353. The molecule has 1 aromatic carbocycles.